The predicted molar refractivity (Wildman–Crippen MR) is 109 cm³/mol. The van der Waals surface area contributed by atoms with E-state index in [0.717, 1.165) is 11.1 Å². The van der Waals surface area contributed by atoms with Crippen molar-refractivity contribution in [1.82, 2.24) is 10.2 Å². The second-order valence-electron chi connectivity index (χ2n) is 6.03. The fraction of sp³-hybridized carbons (Fsp3) is 0.182. The minimum Gasteiger partial charge on any atom is -0.494 e. The summed E-state index contributed by atoms with van der Waals surface area (Å²) in [5.74, 6) is 1.94. The first-order chi connectivity index (χ1) is 13.5. The zero-order chi connectivity index (χ0) is 19.9. The van der Waals surface area contributed by atoms with Crippen LogP contribution >= 0.6 is 11.6 Å². The van der Waals surface area contributed by atoms with Gasteiger partial charge in [0.05, 0.1) is 6.61 Å². The van der Waals surface area contributed by atoms with Gasteiger partial charge in [0.2, 0.25) is 11.8 Å². The van der Waals surface area contributed by atoms with Crippen LogP contribution in [0.5, 0.6) is 5.75 Å². The molecule has 0 aliphatic heterocycles. The number of hydrogen-bond donors (Lipinski definition) is 0. The maximum absolute atomic E-state index is 6.34. The molecule has 0 amide bonds. The molecule has 6 heteroatoms. The molecule has 0 saturated carbocycles. The van der Waals surface area contributed by atoms with E-state index < -0.39 is 0 Å². The van der Waals surface area contributed by atoms with E-state index in [4.69, 9.17) is 25.5 Å². The zero-order valence-corrected chi connectivity index (χ0v) is 16.6. The first-order valence-electron chi connectivity index (χ1n) is 8.86. The van der Waals surface area contributed by atoms with Gasteiger partial charge in [-0.05, 0) is 42.3 Å². The molecule has 1 aromatic heterocycles. The molecule has 0 saturated heterocycles. The van der Waals surface area contributed by atoms with Crippen molar-refractivity contribution in [1.29, 1.82) is 0 Å². The second kappa shape index (κ2) is 9.24. The molecule has 0 aliphatic carbocycles. The van der Waals surface area contributed by atoms with Crippen molar-refractivity contribution in [2.45, 2.75) is 20.5 Å². The molecule has 3 aromatic rings. The van der Waals surface area contributed by atoms with E-state index in [-0.39, 0.29) is 0 Å². The quantitative estimate of drug-likeness (QED) is 0.367. The summed E-state index contributed by atoms with van der Waals surface area (Å²) in [6, 6.07) is 15.4. The van der Waals surface area contributed by atoms with Gasteiger partial charge in [-0.3, -0.25) is 0 Å². The summed E-state index contributed by atoms with van der Waals surface area (Å²) in [6.45, 7) is 8.48. The van der Waals surface area contributed by atoms with E-state index in [2.05, 4.69) is 16.8 Å². The summed E-state index contributed by atoms with van der Waals surface area (Å²) in [5, 5.41) is 8.57. The molecule has 0 fully saturated rings. The van der Waals surface area contributed by atoms with Gasteiger partial charge in [-0.25, -0.2) is 0 Å². The third-order valence-corrected chi connectivity index (χ3v) is 4.04. The Morgan fingerprint density at radius 3 is 2.64 bits per heavy atom. The third-order valence-electron chi connectivity index (χ3n) is 3.82. The number of nitrogens with zero attached hydrogens (tertiary/aromatic N) is 2. The number of benzene rings is 2. The first kappa shape index (κ1) is 19.7. The SMILES string of the molecule is C=C(C=C(c1cc(Cl)cc(OCc2ccccc2)c1)c1nnc(C)o1)OCC. The maximum Gasteiger partial charge on any atom is 0.248 e. The van der Waals surface area contributed by atoms with Crippen molar-refractivity contribution in [3.8, 4) is 5.75 Å². The molecule has 28 heavy (non-hydrogen) atoms. The lowest BCUT2D eigenvalue weighted by Crippen LogP contribution is -1.97. The molecule has 0 spiro atoms. The van der Waals surface area contributed by atoms with Gasteiger partial charge in [-0.15, -0.1) is 10.2 Å². The number of aryl methyl sites for hydroxylation is 1. The first-order valence-corrected chi connectivity index (χ1v) is 9.24. The average Bonchev–Trinajstić information content (AvgIpc) is 3.11. The van der Waals surface area contributed by atoms with Gasteiger partial charge in [0.1, 0.15) is 18.1 Å². The highest BCUT2D eigenvalue weighted by Gasteiger charge is 2.15. The fourth-order valence-corrected chi connectivity index (χ4v) is 2.83. The molecule has 0 aliphatic rings. The molecule has 1 heterocycles. The standard InChI is InChI=1S/C22H21ClN2O3/c1-4-26-15(2)10-21(22-25-24-16(3)28-22)18-11-19(23)13-20(12-18)27-14-17-8-6-5-7-9-17/h5-13H,2,4,14H2,1,3H3. The van der Waals surface area contributed by atoms with Crippen LogP contribution < -0.4 is 4.74 Å². The highest BCUT2D eigenvalue weighted by Crippen LogP contribution is 2.30. The van der Waals surface area contributed by atoms with Gasteiger partial charge in [-0.1, -0.05) is 48.5 Å². The van der Waals surface area contributed by atoms with Crippen molar-refractivity contribution in [3.05, 3.63) is 94.9 Å². The largest absolute Gasteiger partial charge is 0.494 e. The number of halogens is 1. The Morgan fingerprint density at radius 2 is 1.96 bits per heavy atom. The van der Waals surface area contributed by atoms with Gasteiger partial charge >= 0.3 is 0 Å². The highest BCUT2D eigenvalue weighted by atomic mass is 35.5. The summed E-state index contributed by atoms with van der Waals surface area (Å²) in [6.07, 6.45) is 1.75. The van der Waals surface area contributed by atoms with Gasteiger partial charge < -0.3 is 13.9 Å². The molecule has 2 aromatic carbocycles. The lowest BCUT2D eigenvalue weighted by Gasteiger charge is -2.11. The van der Waals surface area contributed by atoms with Crippen molar-refractivity contribution in [2.24, 2.45) is 0 Å². The summed E-state index contributed by atoms with van der Waals surface area (Å²) >= 11 is 6.34. The smallest absolute Gasteiger partial charge is 0.248 e. The van der Waals surface area contributed by atoms with Crippen LogP contribution in [0, 0.1) is 6.92 Å². The van der Waals surface area contributed by atoms with E-state index >= 15 is 0 Å². The average molecular weight is 397 g/mol. The minimum absolute atomic E-state index is 0.356. The fourth-order valence-electron chi connectivity index (χ4n) is 2.60. The van der Waals surface area contributed by atoms with Crippen molar-refractivity contribution in [3.63, 3.8) is 0 Å². The van der Waals surface area contributed by atoms with Crippen LogP contribution in [0.25, 0.3) is 5.57 Å². The zero-order valence-electron chi connectivity index (χ0n) is 15.8. The highest BCUT2D eigenvalue weighted by molar-refractivity contribution is 6.31. The van der Waals surface area contributed by atoms with Gasteiger partial charge in [-0.2, -0.15) is 0 Å². The summed E-state index contributed by atoms with van der Waals surface area (Å²) < 4.78 is 17.0. The summed E-state index contributed by atoms with van der Waals surface area (Å²) in [7, 11) is 0. The number of hydrogen-bond acceptors (Lipinski definition) is 5. The Hall–Kier alpha value is -3.05. The Kier molecular flexibility index (Phi) is 6.50. The van der Waals surface area contributed by atoms with E-state index in [1.54, 1.807) is 19.1 Å². The topological polar surface area (TPSA) is 57.4 Å². The van der Waals surface area contributed by atoms with Gasteiger partial charge in [0, 0.05) is 17.5 Å². The van der Waals surface area contributed by atoms with Gasteiger partial charge in [0.25, 0.3) is 0 Å². The number of aromatic nitrogens is 2. The van der Waals surface area contributed by atoms with Crippen LogP contribution in [0.15, 0.2) is 71.4 Å². The van der Waals surface area contributed by atoms with Crippen LogP contribution in [0.1, 0.15) is 29.8 Å². The normalized spacial score (nSPS) is 11.3. The molecule has 0 radical (unpaired) electrons. The predicted octanol–water partition coefficient (Wildman–Crippen LogP) is 5.59. The van der Waals surface area contributed by atoms with Gasteiger partial charge in [0.15, 0.2) is 0 Å². The number of allylic oxidation sites excluding steroid dienone is 1. The van der Waals surface area contributed by atoms with Crippen molar-refractivity contribution >= 4 is 17.2 Å². The number of ether oxygens (including phenoxy) is 2. The van der Waals surface area contributed by atoms with Crippen LogP contribution in [0.4, 0.5) is 0 Å². The van der Waals surface area contributed by atoms with Crippen LogP contribution in [0.3, 0.4) is 0 Å². The van der Waals surface area contributed by atoms with Crippen molar-refractivity contribution in [2.75, 3.05) is 6.61 Å². The molecule has 0 N–H and O–H groups in total. The Balaban J connectivity index is 1.93. The van der Waals surface area contributed by atoms with Crippen LogP contribution in [0.2, 0.25) is 5.02 Å². The van der Waals surface area contributed by atoms with E-state index in [1.165, 1.54) is 0 Å². The molecule has 0 atom stereocenters. The van der Waals surface area contributed by atoms with Crippen molar-refractivity contribution < 1.29 is 13.9 Å². The Morgan fingerprint density at radius 1 is 1.18 bits per heavy atom. The molecule has 0 bridgehead atoms. The lowest BCUT2D eigenvalue weighted by molar-refractivity contribution is 0.244. The molecule has 5 nitrogen and oxygen atoms in total. The van der Waals surface area contributed by atoms with Crippen LogP contribution in [-0.2, 0) is 11.3 Å². The molecular formula is C22H21ClN2O3. The van der Waals surface area contributed by atoms with E-state index in [9.17, 15) is 0 Å². The molecule has 144 valence electrons. The molecule has 0 unspecified atom stereocenters. The Labute approximate surface area is 169 Å². The molecular weight excluding hydrogens is 376 g/mol. The number of rotatable bonds is 8. The monoisotopic (exact) mass is 396 g/mol. The minimum atomic E-state index is 0.356. The van der Waals surface area contributed by atoms with Crippen LogP contribution in [-0.4, -0.2) is 16.8 Å². The Bertz CT molecular complexity index is 980. The van der Waals surface area contributed by atoms with E-state index in [1.807, 2.05) is 49.4 Å². The molecule has 3 rings (SSSR count). The summed E-state index contributed by atoms with van der Waals surface area (Å²) in [4.78, 5) is 0. The second-order valence-corrected chi connectivity index (χ2v) is 6.47. The van der Waals surface area contributed by atoms with E-state index in [0.29, 0.717) is 47.1 Å². The summed E-state index contributed by atoms with van der Waals surface area (Å²) in [5.41, 5.74) is 2.49. The third kappa shape index (κ3) is 5.24. The lowest BCUT2D eigenvalue weighted by atomic mass is 10.0. The maximum atomic E-state index is 6.34.